The molecule has 0 bridgehead atoms. The van der Waals surface area contributed by atoms with Crippen LogP contribution >= 0.6 is 22.9 Å². The van der Waals surface area contributed by atoms with Crippen molar-refractivity contribution in [3.63, 3.8) is 0 Å². The summed E-state index contributed by atoms with van der Waals surface area (Å²) in [4.78, 5) is 2.32. The van der Waals surface area contributed by atoms with Crippen LogP contribution in [-0.2, 0) is 6.54 Å². The molecule has 1 aliphatic rings. The summed E-state index contributed by atoms with van der Waals surface area (Å²) >= 11 is 7.84. The van der Waals surface area contributed by atoms with E-state index in [1.807, 2.05) is 12.1 Å². The molecule has 0 radical (unpaired) electrons. The highest BCUT2D eigenvalue weighted by Gasteiger charge is 2.31. The number of rotatable bonds is 5. The number of anilines is 1. The summed E-state index contributed by atoms with van der Waals surface area (Å²) in [7, 11) is 0. The van der Waals surface area contributed by atoms with Crippen LogP contribution < -0.4 is 10.6 Å². The molecule has 1 aromatic heterocycles. The van der Waals surface area contributed by atoms with Crippen LogP contribution in [-0.4, -0.2) is 11.9 Å². The number of nitrogens with one attached hydrogen (secondary N) is 1. The van der Waals surface area contributed by atoms with E-state index in [-0.39, 0.29) is 5.84 Å². The van der Waals surface area contributed by atoms with Crippen molar-refractivity contribution in [1.82, 2.24) is 0 Å². The van der Waals surface area contributed by atoms with Gasteiger partial charge in [0, 0.05) is 28.9 Å². The smallest absolute Gasteiger partial charge is 0.124 e. The van der Waals surface area contributed by atoms with Crippen LogP contribution in [0.5, 0.6) is 0 Å². The number of amidine groups is 1. The first kappa shape index (κ1) is 13.5. The first-order valence-corrected chi connectivity index (χ1v) is 7.89. The van der Waals surface area contributed by atoms with E-state index < -0.39 is 0 Å². The quantitative estimate of drug-likeness (QED) is 0.651. The van der Waals surface area contributed by atoms with Crippen molar-refractivity contribution in [3.05, 3.63) is 51.2 Å². The predicted octanol–water partition coefficient (Wildman–Crippen LogP) is 3.85. The van der Waals surface area contributed by atoms with Gasteiger partial charge in [-0.15, -0.1) is 0 Å². The summed E-state index contributed by atoms with van der Waals surface area (Å²) in [6, 6.07) is 8.22. The summed E-state index contributed by atoms with van der Waals surface area (Å²) in [5.74, 6) is 0.0904. The molecule has 0 aliphatic heterocycles. The summed E-state index contributed by atoms with van der Waals surface area (Å²) in [5.41, 5.74) is 8.73. The Morgan fingerprint density at radius 1 is 1.40 bits per heavy atom. The van der Waals surface area contributed by atoms with E-state index in [0.29, 0.717) is 11.1 Å². The van der Waals surface area contributed by atoms with Gasteiger partial charge in [-0.1, -0.05) is 11.6 Å². The van der Waals surface area contributed by atoms with Crippen LogP contribution in [0.3, 0.4) is 0 Å². The van der Waals surface area contributed by atoms with Gasteiger partial charge >= 0.3 is 0 Å². The Bertz CT molecular complexity index is 620. The molecule has 5 heteroatoms. The lowest BCUT2D eigenvalue weighted by Gasteiger charge is -2.27. The van der Waals surface area contributed by atoms with Crippen molar-refractivity contribution in [1.29, 1.82) is 5.41 Å². The van der Waals surface area contributed by atoms with E-state index in [1.54, 1.807) is 17.4 Å². The van der Waals surface area contributed by atoms with E-state index in [1.165, 1.54) is 18.4 Å². The number of nitrogen functional groups attached to an aromatic ring is 1. The van der Waals surface area contributed by atoms with Crippen LogP contribution in [0.1, 0.15) is 24.0 Å². The lowest BCUT2D eigenvalue weighted by molar-refractivity contribution is 0.795. The zero-order valence-corrected chi connectivity index (χ0v) is 12.5. The SMILES string of the molecule is N=C(N)c1ccc(Cl)cc1N(Cc1ccsc1)C1CC1. The summed E-state index contributed by atoms with van der Waals surface area (Å²) in [5, 5.41) is 12.7. The maximum Gasteiger partial charge on any atom is 0.124 e. The van der Waals surface area contributed by atoms with Gasteiger partial charge in [0.25, 0.3) is 0 Å². The van der Waals surface area contributed by atoms with Gasteiger partial charge in [0.05, 0.1) is 0 Å². The Morgan fingerprint density at radius 2 is 2.20 bits per heavy atom. The van der Waals surface area contributed by atoms with Gasteiger partial charge in [-0.05, 0) is 53.4 Å². The van der Waals surface area contributed by atoms with Gasteiger partial charge in [0.15, 0.2) is 0 Å². The van der Waals surface area contributed by atoms with Crippen molar-refractivity contribution in [2.75, 3.05) is 4.90 Å². The van der Waals surface area contributed by atoms with E-state index in [4.69, 9.17) is 22.7 Å². The normalized spacial score (nSPS) is 14.2. The Kier molecular flexibility index (Phi) is 3.68. The Morgan fingerprint density at radius 3 is 2.80 bits per heavy atom. The average molecular weight is 306 g/mol. The second-order valence-corrected chi connectivity index (χ2v) is 6.28. The molecule has 0 spiro atoms. The highest BCUT2D eigenvalue weighted by molar-refractivity contribution is 7.07. The standard InChI is InChI=1S/C15H16ClN3S/c16-11-1-4-13(15(17)18)14(7-11)19(12-2-3-12)8-10-5-6-20-9-10/h1,4-7,9,12H,2-3,8H2,(H3,17,18). The molecule has 1 heterocycles. The van der Waals surface area contributed by atoms with Crippen molar-refractivity contribution in [2.45, 2.75) is 25.4 Å². The molecule has 3 nitrogen and oxygen atoms in total. The fourth-order valence-corrected chi connectivity index (χ4v) is 3.17. The molecule has 3 rings (SSSR count). The van der Waals surface area contributed by atoms with Crippen LogP contribution in [0, 0.1) is 5.41 Å². The van der Waals surface area contributed by atoms with Gasteiger partial charge in [0.1, 0.15) is 5.84 Å². The van der Waals surface area contributed by atoms with Crippen molar-refractivity contribution >= 4 is 34.5 Å². The van der Waals surface area contributed by atoms with E-state index in [9.17, 15) is 0 Å². The molecule has 0 atom stereocenters. The molecular weight excluding hydrogens is 290 g/mol. The second kappa shape index (κ2) is 5.46. The molecular formula is C15H16ClN3S. The predicted molar refractivity (Wildman–Crippen MR) is 86.0 cm³/mol. The number of thiophene rings is 1. The van der Waals surface area contributed by atoms with E-state index in [0.717, 1.165) is 17.8 Å². The highest BCUT2D eigenvalue weighted by Crippen LogP contribution is 2.36. The third-order valence-electron chi connectivity index (χ3n) is 3.48. The topological polar surface area (TPSA) is 53.1 Å². The first-order valence-electron chi connectivity index (χ1n) is 6.57. The minimum atomic E-state index is 0.0904. The van der Waals surface area contributed by atoms with Crippen LogP contribution in [0.15, 0.2) is 35.0 Å². The van der Waals surface area contributed by atoms with Gasteiger partial charge < -0.3 is 10.6 Å². The van der Waals surface area contributed by atoms with Crippen LogP contribution in [0.2, 0.25) is 5.02 Å². The van der Waals surface area contributed by atoms with Gasteiger partial charge in [-0.3, -0.25) is 5.41 Å². The zero-order chi connectivity index (χ0) is 14.1. The molecule has 0 unspecified atom stereocenters. The maximum absolute atomic E-state index is 7.76. The number of hydrogen-bond donors (Lipinski definition) is 2. The molecule has 1 saturated carbocycles. The third-order valence-corrected chi connectivity index (χ3v) is 4.45. The zero-order valence-electron chi connectivity index (χ0n) is 11.0. The Labute approximate surface area is 127 Å². The summed E-state index contributed by atoms with van der Waals surface area (Å²) in [6.07, 6.45) is 2.38. The minimum Gasteiger partial charge on any atom is -0.384 e. The van der Waals surface area contributed by atoms with Crippen molar-refractivity contribution in [3.8, 4) is 0 Å². The number of nitrogens with two attached hydrogens (primary N) is 1. The van der Waals surface area contributed by atoms with Crippen LogP contribution in [0.25, 0.3) is 0 Å². The molecule has 1 fully saturated rings. The maximum atomic E-state index is 7.76. The largest absolute Gasteiger partial charge is 0.384 e. The molecule has 1 aliphatic carbocycles. The molecule has 3 N–H and O–H groups in total. The van der Waals surface area contributed by atoms with Crippen molar-refractivity contribution in [2.24, 2.45) is 5.73 Å². The molecule has 20 heavy (non-hydrogen) atoms. The fourth-order valence-electron chi connectivity index (χ4n) is 2.35. The second-order valence-electron chi connectivity index (χ2n) is 5.07. The van der Waals surface area contributed by atoms with Crippen molar-refractivity contribution < 1.29 is 0 Å². The summed E-state index contributed by atoms with van der Waals surface area (Å²) < 4.78 is 0. The van der Waals surface area contributed by atoms with Crippen LogP contribution in [0.4, 0.5) is 5.69 Å². The highest BCUT2D eigenvalue weighted by atomic mass is 35.5. The average Bonchev–Trinajstić information content (AvgIpc) is 3.12. The molecule has 2 aromatic rings. The van der Waals surface area contributed by atoms with E-state index in [2.05, 4.69) is 21.7 Å². The Balaban J connectivity index is 1.98. The first-order chi connectivity index (χ1) is 9.65. The Hall–Kier alpha value is -1.52. The number of benzene rings is 1. The lowest BCUT2D eigenvalue weighted by atomic mass is 10.1. The molecule has 0 amide bonds. The molecule has 104 valence electrons. The summed E-state index contributed by atoms with van der Waals surface area (Å²) in [6.45, 7) is 0.842. The lowest BCUT2D eigenvalue weighted by Crippen LogP contribution is -2.28. The number of halogens is 1. The van der Waals surface area contributed by atoms with E-state index >= 15 is 0 Å². The number of nitrogens with zero attached hydrogens (tertiary/aromatic N) is 1. The monoisotopic (exact) mass is 305 g/mol. The number of hydrogen-bond acceptors (Lipinski definition) is 3. The third kappa shape index (κ3) is 2.81. The van der Waals surface area contributed by atoms with Gasteiger partial charge in [0.2, 0.25) is 0 Å². The van der Waals surface area contributed by atoms with Gasteiger partial charge in [-0.2, -0.15) is 11.3 Å². The fraction of sp³-hybridized carbons (Fsp3) is 0.267. The molecule has 0 saturated heterocycles. The molecule has 1 aromatic carbocycles. The minimum absolute atomic E-state index is 0.0904. The van der Waals surface area contributed by atoms with Gasteiger partial charge in [-0.25, -0.2) is 0 Å².